The van der Waals surface area contributed by atoms with Crippen LogP contribution in [0.25, 0.3) is 0 Å². The van der Waals surface area contributed by atoms with Gasteiger partial charge in [-0.1, -0.05) is 0 Å². The Labute approximate surface area is 106 Å². The summed E-state index contributed by atoms with van der Waals surface area (Å²) in [6.07, 6.45) is 2.78. The maximum atomic E-state index is 12.1. The minimum absolute atomic E-state index is 0.0820. The predicted molar refractivity (Wildman–Crippen MR) is 66.0 cm³/mol. The Kier molecular flexibility index (Phi) is 4.30. The molecule has 1 N–H and O–H groups in total. The minimum atomic E-state index is -0.126. The molecule has 0 aliphatic carbocycles. The minimum Gasteiger partial charge on any atom is -0.381 e. The van der Waals surface area contributed by atoms with Crippen LogP contribution in [0.3, 0.4) is 0 Å². The van der Waals surface area contributed by atoms with E-state index >= 15 is 0 Å². The predicted octanol–water partition coefficient (Wildman–Crippen LogP) is 0.137. The highest BCUT2D eigenvalue weighted by Crippen LogP contribution is 2.16. The van der Waals surface area contributed by atoms with E-state index in [1.165, 1.54) is 0 Å². The second-order valence-electron chi connectivity index (χ2n) is 4.83. The summed E-state index contributed by atoms with van der Waals surface area (Å²) in [4.78, 5) is 24.8. The van der Waals surface area contributed by atoms with E-state index in [1.807, 2.05) is 0 Å². The molecule has 0 unspecified atom stereocenters. The normalized spacial score (nSPS) is 21.2. The standard InChI is InChI=1S/C12H19N3O3/c1-15(8-9-4-6-18-7-5-9)12(17)10-2-3-11(16)14-13-10/h9H,2-8H2,1H3,(H,14,16). The molecule has 6 heteroatoms. The number of hydrazone groups is 1. The number of hydrogen-bond donors (Lipinski definition) is 1. The van der Waals surface area contributed by atoms with Crippen LogP contribution in [0.1, 0.15) is 25.7 Å². The van der Waals surface area contributed by atoms with Gasteiger partial charge in [0.1, 0.15) is 5.71 Å². The van der Waals surface area contributed by atoms with Crippen LogP contribution in [0.15, 0.2) is 5.10 Å². The monoisotopic (exact) mass is 253 g/mol. The average Bonchev–Trinajstić information content (AvgIpc) is 2.40. The van der Waals surface area contributed by atoms with E-state index in [0.717, 1.165) is 32.6 Å². The number of carbonyl (C=O) groups excluding carboxylic acids is 2. The van der Waals surface area contributed by atoms with E-state index in [1.54, 1.807) is 11.9 Å². The first-order valence-corrected chi connectivity index (χ1v) is 6.35. The molecule has 0 atom stereocenters. The number of rotatable bonds is 3. The zero-order valence-corrected chi connectivity index (χ0v) is 10.6. The molecule has 2 heterocycles. The van der Waals surface area contributed by atoms with Gasteiger partial charge in [0.15, 0.2) is 0 Å². The molecule has 6 nitrogen and oxygen atoms in total. The smallest absolute Gasteiger partial charge is 0.269 e. The Morgan fingerprint density at radius 2 is 2.17 bits per heavy atom. The van der Waals surface area contributed by atoms with E-state index < -0.39 is 0 Å². The molecule has 2 amide bonds. The number of nitrogens with zero attached hydrogens (tertiary/aromatic N) is 2. The third-order valence-corrected chi connectivity index (χ3v) is 3.37. The topological polar surface area (TPSA) is 71.0 Å². The van der Waals surface area contributed by atoms with Gasteiger partial charge < -0.3 is 9.64 Å². The van der Waals surface area contributed by atoms with Crippen LogP contribution < -0.4 is 5.43 Å². The van der Waals surface area contributed by atoms with Gasteiger partial charge in [-0.3, -0.25) is 9.59 Å². The zero-order chi connectivity index (χ0) is 13.0. The Morgan fingerprint density at radius 3 is 2.78 bits per heavy atom. The molecule has 0 saturated carbocycles. The number of nitrogens with one attached hydrogen (secondary N) is 1. The van der Waals surface area contributed by atoms with Crippen LogP contribution >= 0.6 is 0 Å². The highest BCUT2D eigenvalue weighted by Gasteiger charge is 2.24. The van der Waals surface area contributed by atoms with Crippen molar-refractivity contribution in [2.24, 2.45) is 11.0 Å². The molecule has 18 heavy (non-hydrogen) atoms. The molecule has 2 rings (SSSR count). The van der Waals surface area contributed by atoms with Crippen molar-refractivity contribution in [3.8, 4) is 0 Å². The summed E-state index contributed by atoms with van der Waals surface area (Å²) in [6, 6.07) is 0. The lowest BCUT2D eigenvalue weighted by atomic mass is 9.99. The lowest BCUT2D eigenvalue weighted by Crippen LogP contribution is -2.41. The molecular weight excluding hydrogens is 234 g/mol. The third kappa shape index (κ3) is 3.29. The summed E-state index contributed by atoms with van der Waals surface area (Å²) in [7, 11) is 1.79. The third-order valence-electron chi connectivity index (χ3n) is 3.37. The molecule has 2 aliphatic rings. The first-order valence-electron chi connectivity index (χ1n) is 6.35. The van der Waals surface area contributed by atoms with Crippen LogP contribution in [0.4, 0.5) is 0 Å². The highest BCUT2D eigenvalue weighted by molar-refractivity contribution is 6.39. The van der Waals surface area contributed by atoms with Crippen LogP contribution in [0, 0.1) is 5.92 Å². The molecule has 0 aromatic rings. The Balaban J connectivity index is 1.86. The lowest BCUT2D eigenvalue weighted by molar-refractivity contribution is -0.124. The first kappa shape index (κ1) is 13.0. The number of amides is 2. The Morgan fingerprint density at radius 1 is 1.44 bits per heavy atom. The summed E-state index contributed by atoms with van der Waals surface area (Å²) < 4.78 is 5.30. The highest BCUT2D eigenvalue weighted by atomic mass is 16.5. The van der Waals surface area contributed by atoms with Crippen LogP contribution in [-0.4, -0.2) is 49.2 Å². The van der Waals surface area contributed by atoms with Crippen molar-refractivity contribution in [3.05, 3.63) is 0 Å². The van der Waals surface area contributed by atoms with Crippen molar-refractivity contribution in [1.29, 1.82) is 0 Å². The second kappa shape index (κ2) is 5.95. The second-order valence-corrected chi connectivity index (χ2v) is 4.83. The molecule has 0 aromatic carbocycles. The molecule has 1 saturated heterocycles. The van der Waals surface area contributed by atoms with Gasteiger partial charge >= 0.3 is 0 Å². The van der Waals surface area contributed by atoms with Crippen molar-refractivity contribution in [1.82, 2.24) is 10.3 Å². The zero-order valence-electron chi connectivity index (χ0n) is 10.6. The number of ether oxygens (including phenoxy) is 1. The number of carbonyl (C=O) groups is 2. The Bertz CT molecular complexity index is 362. The molecule has 100 valence electrons. The van der Waals surface area contributed by atoms with Gasteiger partial charge in [-0.25, -0.2) is 5.43 Å². The van der Waals surface area contributed by atoms with Gasteiger partial charge in [-0.15, -0.1) is 0 Å². The molecule has 2 aliphatic heterocycles. The van der Waals surface area contributed by atoms with Gasteiger partial charge in [0.2, 0.25) is 5.91 Å². The maximum absolute atomic E-state index is 12.1. The summed E-state index contributed by atoms with van der Waals surface area (Å²) in [5.41, 5.74) is 2.80. The quantitative estimate of drug-likeness (QED) is 0.777. The molecule has 0 radical (unpaired) electrons. The fourth-order valence-electron chi connectivity index (χ4n) is 2.25. The van der Waals surface area contributed by atoms with Crippen molar-refractivity contribution in [3.63, 3.8) is 0 Å². The molecular formula is C12H19N3O3. The molecule has 0 aromatic heterocycles. The van der Waals surface area contributed by atoms with Crippen molar-refractivity contribution < 1.29 is 14.3 Å². The van der Waals surface area contributed by atoms with E-state index in [0.29, 0.717) is 24.5 Å². The van der Waals surface area contributed by atoms with Crippen LogP contribution in [0.2, 0.25) is 0 Å². The van der Waals surface area contributed by atoms with E-state index in [9.17, 15) is 9.59 Å². The van der Waals surface area contributed by atoms with E-state index in [4.69, 9.17) is 4.74 Å². The van der Waals surface area contributed by atoms with Gasteiger partial charge in [0, 0.05) is 39.6 Å². The molecule has 1 fully saturated rings. The van der Waals surface area contributed by atoms with Crippen LogP contribution in [0.5, 0.6) is 0 Å². The van der Waals surface area contributed by atoms with Crippen molar-refractivity contribution in [2.45, 2.75) is 25.7 Å². The van der Waals surface area contributed by atoms with Gasteiger partial charge in [0.05, 0.1) is 0 Å². The van der Waals surface area contributed by atoms with Gasteiger partial charge in [-0.05, 0) is 18.8 Å². The van der Waals surface area contributed by atoms with Crippen molar-refractivity contribution in [2.75, 3.05) is 26.8 Å². The lowest BCUT2D eigenvalue weighted by Gasteiger charge is -2.27. The molecule has 0 bridgehead atoms. The summed E-state index contributed by atoms with van der Waals surface area (Å²) in [6.45, 7) is 2.29. The summed E-state index contributed by atoms with van der Waals surface area (Å²) in [5, 5.41) is 3.83. The summed E-state index contributed by atoms with van der Waals surface area (Å²) >= 11 is 0. The van der Waals surface area contributed by atoms with Crippen molar-refractivity contribution >= 4 is 17.5 Å². The maximum Gasteiger partial charge on any atom is 0.269 e. The average molecular weight is 253 g/mol. The molecule has 0 spiro atoms. The fraction of sp³-hybridized carbons (Fsp3) is 0.750. The van der Waals surface area contributed by atoms with Gasteiger partial charge in [0.25, 0.3) is 5.91 Å². The SMILES string of the molecule is CN(CC1CCOCC1)C(=O)C1=NNC(=O)CC1. The van der Waals surface area contributed by atoms with E-state index in [-0.39, 0.29) is 11.8 Å². The fourth-order valence-corrected chi connectivity index (χ4v) is 2.25. The van der Waals surface area contributed by atoms with Gasteiger partial charge in [-0.2, -0.15) is 5.10 Å². The van der Waals surface area contributed by atoms with E-state index in [2.05, 4.69) is 10.5 Å². The largest absolute Gasteiger partial charge is 0.381 e. The first-order chi connectivity index (χ1) is 8.66. The Hall–Kier alpha value is -1.43. The van der Waals surface area contributed by atoms with Crippen LogP contribution in [-0.2, 0) is 14.3 Å². The number of hydrogen-bond acceptors (Lipinski definition) is 4. The summed E-state index contributed by atoms with van der Waals surface area (Å²) in [5.74, 6) is 0.298.